The number of hydrogen-bond donors (Lipinski definition) is 4. The molecule has 1 aliphatic rings. The van der Waals surface area contributed by atoms with E-state index in [2.05, 4.69) is 95.8 Å². The molecule has 4 N–H and O–H groups in total. The van der Waals surface area contributed by atoms with E-state index in [1.807, 2.05) is 53.2 Å². The second-order valence-corrected chi connectivity index (χ2v) is 23.0. The van der Waals surface area contributed by atoms with Crippen molar-refractivity contribution in [2.24, 2.45) is 10.9 Å². The standard InChI is InChI=1S/C52H72N9O10PSi/c1-35(2)49(62)58-52-57-48-47(50(63)59-52)38(32-56-51(54-26-29-64-7)55-27-30-65-8)33-60(48)46-31-44(71-72(68-28-14-25-53)61(36(3)4)37(5)6)45(70-46)34-69-73(41-15-12-11-13-16-41,42-21-17-39(66-9)18-22-42)43-23-19-40(67-10)20-24-43/h11-13,15-24,33,35-37,44-46H,14,26-32,34H2,1-10H3,(H2,54,55,56)(H2,57,58,59,62,63)/t44-,45+,46+,72?/m0/s1. The van der Waals surface area contributed by atoms with Gasteiger partial charge in [-0.2, -0.15) is 10.2 Å². The molecule has 4 atom stereocenters. The molecule has 5 aromatic rings. The highest BCUT2D eigenvalue weighted by Crippen LogP contribution is 2.50. The number of fused-ring (bicyclic) bond motifs is 1. The van der Waals surface area contributed by atoms with Gasteiger partial charge in [0, 0.05) is 63.5 Å². The first-order chi connectivity index (χ1) is 35.3. The number of guanidine groups is 1. The van der Waals surface area contributed by atoms with Gasteiger partial charge in [-0.1, -0.05) is 68.4 Å². The smallest absolute Gasteiger partial charge is 0.288 e. The fraction of sp³-hybridized carbons (Fsp3) is 0.481. The van der Waals surface area contributed by atoms with Crippen molar-refractivity contribution in [3.05, 3.63) is 101 Å². The average molecular weight is 1040 g/mol. The van der Waals surface area contributed by atoms with Gasteiger partial charge in [0.25, 0.3) is 22.4 Å². The summed E-state index contributed by atoms with van der Waals surface area (Å²) >= 11 is 0. The summed E-state index contributed by atoms with van der Waals surface area (Å²) in [7, 11) is 1.37. The molecule has 1 fully saturated rings. The summed E-state index contributed by atoms with van der Waals surface area (Å²) in [5.74, 6) is 1.21. The molecule has 0 spiro atoms. The van der Waals surface area contributed by atoms with E-state index in [1.54, 1.807) is 42.3 Å². The van der Waals surface area contributed by atoms with Crippen LogP contribution in [-0.4, -0.2) is 132 Å². The van der Waals surface area contributed by atoms with Crippen LogP contribution in [0.15, 0.2) is 94.8 Å². The minimum atomic E-state index is -3.41. The molecule has 73 heavy (non-hydrogen) atoms. The van der Waals surface area contributed by atoms with Crippen molar-refractivity contribution in [1.29, 1.82) is 5.26 Å². The molecular weight excluding hydrogens is 970 g/mol. The van der Waals surface area contributed by atoms with Crippen molar-refractivity contribution in [2.75, 3.05) is 73.3 Å². The van der Waals surface area contributed by atoms with E-state index in [0.717, 1.165) is 15.6 Å². The largest absolute Gasteiger partial charge is 0.497 e. The third-order valence-corrected chi connectivity index (χ3v) is 18.3. The quantitative estimate of drug-likeness (QED) is 0.0131. The van der Waals surface area contributed by atoms with Crippen molar-refractivity contribution >= 4 is 61.3 Å². The van der Waals surface area contributed by atoms with E-state index in [4.69, 9.17) is 47.1 Å². The lowest BCUT2D eigenvalue weighted by molar-refractivity contribution is -0.118. The molecule has 6 rings (SSSR count). The number of anilines is 1. The number of nitriles is 1. The van der Waals surface area contributed by atoms with Crippen molar-refractivity contribution in [3.63, 3.8) is 0 Å². The summed E-state index contributed by atoms with van der Waals surface area (Å²) in [6.07, 6.45) is 0.161. The van der Waals surface area contributed by atoms with Crippen LogP contribution in [0.1, 0.15) is 66.2 Å². The van der Waals surface area contributed by atoms with Gasteiger partial charge in [-0.15, -0.1) is 0 Å². The number of aromatic amines is 1. The van der Waals surface area contributed by atoms with Crippen LogP contribution < -0.4 is 46.5 Å². The molecule has 394 valence electrons. The van der Waals surface area contributed by atoms with Crippen molar-refractivity contribution in [3.8, 4) is 17.6 Å². The van der Waals surface area contributed by atoms with Crippen molar-refractivity contribution in [2.45, 2.75) is 91.4 Å². The Kier molecular flexibility index (Phi) is 21.3. The fourth-order valence-corrected chi connectivity index (χ4v) is 14.2. The van der Waals surface area contributed by atoms with Crippen LogP contribution in [0.25, 0.3) is 11.0 Å². The Morgan fingerprint density at radius 1 is 0.890 bits per heavy atom. The number of hydrogen-bond acceptors (Lipinski definition) is 14. The first-order valence-electron chi connectivity index (χ1n) is 24.6. The number of ether oxygens (including phenoxy) is 5. The van der Waals surface area contributed by atoms with Gasteiger partial charge in [-0.25, -0.2) is 9.66 Å². The second-order valence-electron chi connectivity index (χ2n) is 18.2. The molecule has 0 radical (unpaired) electrons. The minimum Gasteiger partial charge on any atom is -0.497 e. The first kappa shape index (κ1) is 56.6. The van der Waals surface area contributed by atoms with Gasteiger partial charge < -0.3 is 52.4 Å². The van der Waals surface area contributed by atoms with Gasteiger partial charge in [0.2, 0.25) is 11.9 Å². The highest BCUT2D eigenvalue weighted by atomic mass is 31.2. The molecule has 21 heteroatoms. The Morgan fingerprint density at radius 3 is 2.01 bits per heavy atom. The lowest BCUT2D eigenvalue weighted by atomic mass is 10.2. The Labute approximate surface area is 431 Å². The zero-order chi connectivity index (χ0) is 52.5. The third-order valence-electron chi connectivity index (χ3n) is 12.1. The monoisotopic (exact) mass is 1040 g/mol. The molecule has 0 saturated carbocycles. The number of carbonyl (C=O) groups is 1. The Balaban J connectivity index is 1.51. The topological polar surface area (TPSA) is 217 Å². The van der Waals surface area contributed by atoms with E-state index in [9.17, 15) is 14.9 Å². The average Bonchev–Trinajstić information content (AvgIpc) is 3.96. The van der Waals surface area contributed by atoms with E-state index < -0.39 is 40.8 Å². The number of benzene rings is 3. The minimum absolute atomic E-state index is 0.00372. The molecule has 0 aliphatic carbocycles. The fourth-order valence-electron chi connectivity index (χ4n) is 8.60. The predicted molar refractivity (Wildman–Crippen MR) is 286 cm³/mol. The number of aromatic nitrogens is 3. The molecule has 3 aromatic carbocycles. The second kappa shape index (κ2) is 27.5. The van der Waals surface area contributed by atoms with Gasteiger partial charge in [-0.05, 0) is 67.5 Å². The molecule has 0 bridgehead atoms. The number of rotatable bonds is 27. The van der Waals surface area contributed by atoms with E-state index in [0.29, 0.717) is 49.3 Å². The number of nitrogens with one attached hydrogen (secondary N) is 4. The Hall–Kier alpha value is -5.72. The first-order valence-corrected chi connectivity index (χ1v) is 27.7. The lowest BCUT2D eigenvalue weighted by Gasteiger charge is -2.38. The van der Waals surface area contributed by atoms with Crippen LogP contribution in [0.5, 0.6) is 11.5 Å². The van der Waals surface area contributed by atoms with Crippen LogP contribution in [0.4, 0.5) is 5.95 Å². The zero-order valence-corrected chi connectivity index (χ0v) is 45.6. The van der Waals surface area contributed by atoms with Crippen LogP contribution in [0.2, 0.25) is 0 Å². The molecule has 1 saturated heterocycles. The SMILES string of the molecule is COCCNC(=NCc1cn([C@H]2C[C@H](OP(OCCC#N)N(C(C)C)C(C)C)[C@@H](CO[Si](c3ccccc3)(c3ccc(OC)cc3)c3ccc(OC)cc3)O2)c2nc(NC(=O)C(C)C)[nH]c(=O)c12)NCCOC. The maximum atomic E-state index is 14.3. The Bertz CT molecular complexity index is 2580. The van der Waals surface area contributed by atoms with Crippen molar-refractivity contribution < 1.29 is 42.0 Å². The maximum Gasteiger partial charge on any atom is 0.288 e. The van der Waals surface area contributed by atoms with Gasteiger partial charge in [-0.3, -0.25) is 19.9 Å². The molecule has 1 amide bonds. The van der Waals surface area contributed by atoms with E-state index in [-0.39, 0.29) is 73.5 Å². The predicted octanol–water partition coefficient (Wildman–Crippen LogP) is 5.30. The number of methoxy groups -OCH3 is 4. The molecular formula is C52H72N9O10PSi. The highest BCUT2D eigenvalue weighted by molar-refractivity contribution is 7.44. The highest BCUT2D eigenvalue weighted by Gasteiger charge is 2.47. The number of carbonyl (C=O) groups excluding carboxylic acids is 1. The van der Waals surface area contributed by atoms with Gasteiger partial charge in [0.05, 0.1) is 71.2 Å². The zero-order valence-electron chi connectivity index (χ0n) is 43.7. The van der Waals surface area contributed by atoms with Gasteiger partial charge >= 0.3 is 0 Å². The summed E-state index contributed by atoms with van der Waals surface area (Å²) in [5, 5.41) is 22.1. The molecule has 1 aliphatic heterocycles. The summed E-state index contributed by atoms with van der Waals surface area (Å²) in [6.45, 7) is 14.0. The van der Waals surface area contributed by atoms with Crippen LogP contribution in [0, 0.1) is 17.2 Å². The number of amides is 1. The summed E-state index contributed by atoms with van der Waals surface area (Å²) in [4.78, 5) is 39.8. The third kappa shape index (κ3) is 14.3. The van der Waals surface area contributed by atoms with Crippen LogP contribution >= 0.6 is 8.53 Å². The molecule has 2 aromatic heterocycles. The molecule has 3 heterocycles. The molecule has 1 unspecified atom stereocenters. The van der Waals surface area contributed by atoms with Crippen molar-refractivity contribution in [1.82, 2.24) is 29.8 Å². The van der Waals surface area contributed by atoms with Gasteiger partial charge in [0.1, 0.15) is 23.8 Å². The normalized spacial score (nSPS) is 16.3. The Morgan fingerprint density at radius 2 is 1.48 bits per heavy atom. The van der Waals surface area contributed by atoms with E-state index >= 15 is 0 Å². The maximum absolute atomic E-state index is 14.3. The summed E-state index contributed by atoms with van der Waals surface area (Å²) in [6, 6.07) is 28.4. The van der Waals surface area contributed by atoms with Crippen LogP contribution in [-0.2, 0) is 39.0 Å². The van der Waals surface area contributed by atoms with Gasteiger partial charge in [0.15, 0.2) is 11.6 Å². The molecule has 19 nitrogen and oxygen atoms in total. The van der Waals surface area contributed by atoms with E-state index in [1.165, 1.54) is 0 Å². The summed E-state index contributed by atoms with van der Waals surface area (Å²) < 4.78 is 54.2. The van der Waals surface area contributed by atoms with Crippen LogP contribution in [0.3, 0.4) is 0 Å². The summed E-state index contributed by atoms with van der Waals surface area (Å²) in [5.41, 5.74) is 0.382. The lowest BCUT2D eigenvalue weighted by Crippen LogP contribution is -2.70. The number of H-pyrrole nitrogens is 1. The number of aliphatic imine (C=N–C) groups is 1. The number of nitrogens with zero attached hydrogens (tertiary/aromatic N) is 5.